The quantitative estimate of drug-likeness (QED) is 0.257. The van der Waals surface area contributed by atoms with Crippen molar-refractivity contribution in [3.8, 4) is 0 Å². The van der Waals surface area contributed by atoms with E-state index >= 15 is 0 Å². The van der Waals surface area contributed by atoms with Crippen LogP contribution in [0.5, 0.6) is 0 Å². The minimum absolute atomic E-state index is 0.0349. The maximum absolute atomic E-state index is 13.0. The van der Waals surface area contributed by atoms with Crippen molar-refractivity contribution in [1.82, 2.24) is 9.97 Å². The smallest absolute Gasteiger partial charge is 0.248 e. The molecule has 2 heterocycles. The van der Waals surface area contributed by atoms with Crippen LogP contribution in [0.25, 0.3) is 0 Å². The van der Waals surface area contributed by atoms with E-state index in [0.29, 0.717) is 58.5 Å². The fraction of sp³-hybridized carbons (Fsp3) is 0.522. The molecule has 2 aromatic heterocycles. The van der Waals surface area contributed by atoms with Crippen LogP contribution >= 0.6 is 23.2 Å². The van der Waals surface area contributed by atoms with Crippen molar-refractivity contribution in [2.75, 3.05) is 5.73 Å². The Morgan fingerprint density at radius 2 is 1.29 bits per heavy atom. The van der Waals surface area contributed by atoms with Crippen LogP contribution in [0.15, 0.2) is 29.5 Å². The molecule has 0 aromatic carbocycles. The molecule has 0 aliphatic heterocycles. The predicted octanol–water partition coefficient (Wildman–Crippen LogP) is 7.61. The molecule has 2 fully saturated rings. The molecule has 2 aliphatic rings. The summed E-state index contributed by atoms with van der Waals surface area (Å²) in [4.78, 5) is 21.8. The van der Waals surface area contributed by atoms with Gasteiger partial charge in [-0.3, -0.25) is 9.97 Å². The van der Waals surface area contributed by atoms with Gasteiger partial charge in [-0.15, -0.1) is 0 Å². The lowest BCUT2D eigenvalue weighted by molar-refractivity contribution is -0.0390. The average molecular weight is 519 g/mol. The molecule has 0 amide bonds. The molecule has 2 aromatic rings. The molecule has 0 spiro atoms. The standard InChI is InChI=1S/C12H11ClF2N2O.C11H13ClF2N2/c13-10-5-9(17-7-18)6-16-11(10)8-1-3-12(14,15)4-2-8;12-9-5-8(15)6-16-10(9)7-1-3-11(13,14)4-2-7/h5-6,8H,1-4H2;5-7H,1-4,15H2. The average Bonchev–Trinajstić information content (AvgIpc) is 2.76. The highest BCUT2D eigenvalue weighted by atomic mass is 35.5. The van der Waals surface area contributed by atoms with E-state index in [1.165, 1.54) is 24.5 Å². The van der Waals surface area contributed by atoms with Crippen LogP contribution in [0, 0.1) is 0 Å². The SMILES string of the molecule is Nc1cnc(C2CCC(F)(F)CC2)c(Cl)c1.O=C=Nc1cnc(C2CCC(F)(F)CC2)c(Cl)c1. The fourth-order valence-electron chi connectivity index (χ4n) is 4.24. The van der Waals surface area contributed by atoms with Gasteiger partial charge < -0.3 is 5.73 Å². The van der Waals surface area contributed by atoms with E-state index in [-0.39, 0.29) is 37.5 Å². The number of nitrogens with two attached hydrogens (primary N) is 1. The van der Waals surface area contributed by atoms with Crippen LogP contribution < -0.4 is 5.73 Å². The largest absolute Gasteiger partial charge is 0.397 e. The van der Waals surface area contributed by atoms with Crippen molar-refractivity contribution in [2.24, 2.45) is 4.99 Å². The van der Waals surface area contributed by atoms with Gasteiger partial charge in [0.2, 0.25) is 17.9 Å². The van der Waals surface area contributed by atoms with E-state index in [1.807, 2.05) is 0 Å². The van der Waals surface area contributed by atoms with Crippen LogP contribution in [0.2, 0.25) is 10.0 Å². The zero-order chi connectivity index (χ0) is 24.9. The molecule has 11 heteroatoms. The number of aromatic nitrogens is 2. The Bertz CT molecular complexity index is 1040. The first-order valence-electron chi connectivity index (χ1n) is 10.9. The van der Waals surface area contributed by atoms with E-state index in [9.17, 15) is 22.4 Å². The van der Waals surface area contributed by atoms with Crippen LogP contribution in [0.4, 0.5) is 28.9 Å². The third kappa shape index (κ3) is 7.14. The minimum Gasteiger partial charge on any atom is -0.397 e. The predicted molar refractivity (Wildman–Crippen MR) is 123 cm³/mol. The van der Waals surface area contributed by atoms with Crippen molar-refractivity contribution in [3.63, 3.8) is 0 Å². The Morgan fingerprint density at radius 3 is 1.71 bits per heavy atom. The topological polar surface area (TPSA) is 81.2 Å². The van der Waals surface area contributed by atoms with Crippen LogP contribution in [-0.4, -0.2) is 27.9 Å². The summed E-state index contributed by atoms with van der Waals surface area (Å²) in [7, 11) is 0. The number of isocyanates is 1. The molecule has 0 bridgehead atoms. The van der Waals surface area contributed by atoms with Gasteiger partial charge in [-0.25, -0.2) is 22.4 Å². The number of hydrogen-bond donors (Lipinski definition) is 1. The van der Waals surface area contributed by atoms with Gasteiger partial charge in [0, 0.05) is 37.5 Å². The Hall–Kier alpha value is -2.22. The van der Waals surface area contributed by atoms with E-state index < -0.39 is 11.8 Å². The molecule has 5 nitrogen and oxygen atoms in total. The Labute approximate surface area is 204 Å². The second-order valence-electron chi connectivity index (χ2n) is 8.66. The first-order valence-corrected chi connectivity index (χ1v) is 11.7. The number of carbonyl (C=O) groups excluding carboxylic acids is 1. The summed E-state index contributed by atoms with van der Waals surface area (Å²) in [6, 6.07) is 3.12. The van der Waals surface area contributed by atoms with Gasteiger partial charge in [0.15, 0.2) is 0 Å². The zero-order valence-corrected chi connectivity index (χ0v) is 19.7. The second kappa shape index (κ2) is 11.0. The molecule has 2 N–H and O–H groups in total. The monoisotopic (exact) mass is 518 g/mol. The number of pyridine rings is 2. The van der Waals surface area contributed by atoms with Crippen LogP contribution in [0.1, 0.15) is 74.6 Å². The lowest BCUT2D eigenvalue weighted by Gasteiger charge is -2.28. The lowest BCUT2D eigenvalue weighted by atomic mass is 9.84. The number of aliphatic imine (C=N–C) groups is 1. The van der Waals surface area contributed by atoms with Gasteiger partial charge in [0.25, 0.3) is 0 Å². The van der Waals surface area contributed by atoms with Gasteiger partial charge in [-0.1, -0.05) is 23.2 Å². The van der Waals surface area contributed by atoms with Gasteiger partial charge in [-0.05, 0) is 37.8 Å². The summed E-state index contributed by atoms with van der Waals surface area (Å²) >= 11 is 12.0. The number of nitrogen functional groups attached to an aromatic ring is 1. The fourth-order valence-corrected chi connectivity index (χ4v) is 4.89. The molecular weight excluding hydrogens is 495 g/mol. The van der Waals surface area contributed by atoms with E-state index in [2.05, 4.69) is 15.0 Å². The Morgan fingerprint density at radius 1 is 0.853 bits per heavy atom. The van der Waals surface area contributed by atoms with Crippen molar-refractivity contribution in [2.45, 2.75) is 75.0 Å². The molecule has 0 saturated heterocycles. The maximum atomic E-state index is 13.0. The zero-order valence-electron chi connectivity index (χ0n) is 18.2. The summed E-state index contributed by atoms with van der Waals surface area (Å²) in [6.45, 7) is 0. The number of alkyl halides is 4. The Balaban J connectivity index is 0.000000192. The summed E-state index contributed by atoms with van der Waals surface area (Å²) in [6.07, 6.45) is 5.50. The molecule has 2 aliphatic carbocycles. The number of nitrogens with zero attached hydrogens (tertiary/aromatic N) is 3. The molecular formula is C23H24Cl2F4N4O. The molecule has 4 rings (SSSR count). The van der Waals surface area contributed by atoms with E-state index in [1.54, 1.807) is 6.07 Å². The Kier molecular flexibility index (Phi) is 8.55. The van der Waals surface area contributed by atoms with Crippen molar-refractivity contribution < 1.29 is 22.4 Å². The summed E-state index contributed by atoms with van der Waals surface area (Å²) in [5.41, 5.74) is 7.66. The molecule has 0 unspecified atom stereocenters. The van der Waals surface area contributed by atoms with Crippen molar-refractivity contribution in [3.05, 3.63) is 46.0 Å². The third-order valence-corrected chi connectivity index (χ3v) is 6.73. The van der Waals surface area contributed by atoms with Gasteiger partial charge >= 0.3 is 0 Å². The van der Waals surface area contributed by atoms with Crippen molar-refractivity contribution >= 4 is 40.7 Å². The third-order valence-electron chi connectivity index (χ3n) is 6.13. The van der Waals surface area contributed by atoms with E-state index in [4.69, 9.17) is 28.9 Å². The first-order chi connectivity index (χ1) is 16.0. The normalized spacial score (nSPS) is 20.1. The molecule has 2 saturated carbocycles. The minimum atomic E-state index is -2.56. The van der Waals surface area contributed by atoms with Crippen molar-refractivity contribution in [1.29, 1.82) is 0 Å². The van der Waals surface area contributed by atoms with Crippen LogP contribution in [-0.2, 0) is 4.79 Å². The lowest BCUT2D eigenvalue weighted by Crippen LogP contribution is -2.24. The van der Waals surface area contributed by atoms with Gasteiger partial charge in [0.1, 0.15) is 0 Å². The van der Waals surface area contributed by atoms with Crippen LogP contribution in [0.3, 0.4) is 0 Å². The molecule has 184 valence electrons. The number of rotatable bonds is 3. The highest BCUT2D eigenvalue weighted by Crippen LogP contribution is 2.43. The number of hydrogen-bond acceptors (Lipinski definition) is 5. The summed E-state index contributed by atoms with van der Waals surface area (Å²) in [5, 5.41) is 0.844. The second-order valence-corrected chi connectivity index (χ2v) is 9.47. The summed E-state index contributed by atoms with van der Waals surface area (Å²) < 4.78 is 52.1. The highest BCUT2D eigenvalue weighted by Gasteiger charge is 2.37. The molecule has 34 heavy (non-hydrogen) atoms. The number of anilines is 1. The summed E-state index contributed by atoms with van der Waals surface area (Å²) in [5.74, 6) is -5.10. The number of halogens is 6. The van der Waals surface area contributed by atoms with Gasteiger partial charge in [0.05, 0.1) is 45.2 Å². The molecule has 0 radical (unpaired) electrons. The molecule has 0 atom stereocenters. The highest BCUT2D eigenvalue weighted by molar-refractivity contribution is 6.31. The van der Waals surface area contributed by atoms with E-state index in [0.717, 1.165) is 0 Å². The first kappa shape index (κ1) is 26.4. The van der Waals surface area contributed by atoms with Gasteiger partial charge in [-0.2, -0.15) is 4.99 Å². The maximum Gasteiger partial charge on any atom is 0.248 e.